The number of carbonyl (C=O) groups is 1. The first kappa shape index (κ1) is 22.9. The molecule has 9 heteroatoms. The van der Waals surface area contributed by atoms with Gasteiger partial charge in [-0.25, -0.2) is 4.99 Å². The molecule has 0 fully saturated rings. The Balaban J connectivity index is 0.00000364. The van der Waals surface area contributed by atoms with Crippen molar-refractivity contribution in [2.45, 2.75) is 19.4 Å². The second-order valence-corrected chi connectivity index (χ2v) is 6.06. The maximum atomic E-state index is 11.8. The Morgan fingerprint density at radius 1 is 1.19 bits per heavy atom. The lowest BCUT2D eigenvalue weighted by Gasteiger charge is -2.14. The summed E-state index contributed by atoms with van der Waals surface area (Å²) in [7, 11) is 3.46. The molecule has 2 rings (SSSR count). The van der Waals surface area contributed by atoms with E-state index in [1.165, 1.54) is 10.5 Å². The monoisotopic (exact) mass is 485 g/mol. The predicted molar refractivity (Wildman–Crippen MR) is 117 cm³/mol. The normalized spacial score (nSPS) is 10.8. The molecular formula is C18H28IN7O. The fourth-order valence-corrected chi connectivity index (χ4v) is 2.23. The molecule has 0 unspecified atom stereocenters. The highest BCUT2D eigenvalue weighted by Crippen LogP contribution is 1.98. The summed E-state index contributed by atoms with van der Waals surface area (Å²) in [4.78, 5) is 17.7. The van der Waals surface area contributed by atoms with Crippen LogP contribution in [0.3, 0.4) is 0 Å². The van der Waals surface area contributed by atoms with E-state index in [4.69, 9.17) is 0 Å². The van der Waals surface area contributed by atoms with Crippen LogP contribution >= 0.6 is 24.0 Å². The molecule has 1 aromatic carbocycles. The van der Waals surface area contributed by atoms with E-state index < -0.39 is 0 Å². The summed E-state index contributed by atoms with van der Waals surface area (Å²) in [5.41, 5.74) is 1.26. The van der Waals surface area contributed by atoms with Crippen molar-refractivity contribution in [1.29, 1.82) is 0 Å². The molecule has 1 heterocycles. The molecule has 0 aliphatic rings. The van der Waals surface area contributed by atoms with Crippen LogP contribution in [0.15, 0.2) is 47.7 Å². The second kappa shape index (κ2) is 13.1. The molecule has 8 nitrogen and oxygen atoms in total. The molecule has 1 amide bonds. The van der Waals surface area contributed by atoms with Gasteiger partial charge in [0.2, 0.25) is 5.91 Å². The summed E-state index contributed by atoms with van der Waals surface area (Å²) < 4.78 is 1.79. The van der Waals surface area contributed by atoms with E-state index in [9.17, 15) is 4.79 Å². The molecule has 0 aliphatic heterocycles. The second-order valence-electron chi connectivity index (χ2n) is 6.06. The number of nitrogens with zero attached hydrogens (tertiary/aromatic N) is 5. The third-order valence-corrected chi connectivity index (χ3v) is 3.75. The van der Waals surface area contributed by atoms with Crippen molar-refractivity contribution in [3.8, 4) is 0 Å². The van der Waals surface area contributed by atoms with Gasteiger partial charge in [0.15, 0.2) is 5.96 Å². The van der Waals surface area contributed by atoms with Crippen LogP contribution in [0.25, 0.3) is 0 Å². The van der Waals surface area contributed by atoms with E-state index in [-0.39, 0.29) is 36.4 Å². The van der Waals surface area contributed by atoms with Crippen LogP contribution < -0.4 is 10.6 Å². The third kappa shape index (κ3) is 9.36. The zero-order valence-corrected chi connectivity index (χ0v) is 18.2. The third-order valence-electron chi connectivity index (χ3n) is 3.75. The number of aliphatic imine (C=N–C) groups is 1. The molecule has 0 saturated carbocycles. The van der Waals surface area contributed by atoms with Crippen LogP contribution in [0.4, 0.5) is 0 Å². The van der Waals surface area contributed by atoms with Crippen LogP contribution in [-0.4, -0.2) is 65.5 Å². The van der Waals surface area contributed by atoms with Crippen LogP contribution in [0.1, 0.15) is 12.0 Å². The summed E-state index contributed by atoms with van der Waals surface area (Å²) in [5, 5.41) is 14.3. The minimum absolute atomic E-state index is 0. The van der Waals surface area contributed by atoms with E-state index in [1.807, 2.05) is 24.4 Å². The number of carbonyl (C=O) groups excluding carboxylic acids is 1. The average Bonchev–Trinajstić information content (AvgIpc) is 3.16. The van der Waals surface area contributed by atoms with Gasteiger partial charge in [-0.05, 0) is 18.4 Å². The fraction of sp³-hybridized carbons (Fsp3) is 0.444. The number of rotatable bonds is 9. The lowest BCUT2D eigenvalue weighted by atomic mass is 10.1. The van der Waals surface area contributed by atoms with Crippen molar-refractivity contribution in [2.75, 3.05) is 33.7 Å². The average molecular weight is 485 g/mol. The number of guanidine groups is 1. The van der Waals surface area contributed by atoms with Gasteiger partial charge in [0.1, 0.15) is 6.54 Å². The first-order valence-corrected chi connectivity index (χ1v) is 8.75. The number of halogens is 1. The molecule has 148 valence electrons. The Labute approximate surface area is 177 Å². The summed E-state index contributed by atoms with van der Waals surface area (Å²) in [6, 6.07) is 10.3. The number of hydrogen-bond donors (Lipinski definition) is 2. The highest BCUT2D eigenvalue weighted by Gasteiger charge is 2.04. The van der Waals surface area contributed by atoms with Gasteiger partial charge in [0, 0.05) is 39.9 Å². The number of aromatic nitrogens is 3. The molecule has 0 aliphatic carbocycles. The van der Waals surface area contributed by atoms with Crippen molar-refractivity contribution < 1.29 is 4.79 Å². The van der Waals surface area contributed by atoms with E-state index in [1.54, 1.807) is 25.0 Å². The summed E-state index contributed by atoms with van der Waals surface area (Å²) >= 11 is 0. The predicted octanol–water partition coefficient (Wildman–Crippen LogP) is 1.15. The topological polar surface area (TPSA) is 87.4 Å². The highest BCUT2D eigenvalue weighted by atomic mass is 127. The minimum Gasteiger partial charge on any atom is -0.356 e. The Kier molecular flexibility index (Phi) is 11.1. The summed E-state index contributed by atoms with van der Waals surface area (Å²) in [5.74, 6) is 0.617. The molecule has 0 spiro atoms. The van der Waals surface area contributed by atoms with E-state index in [0.29, 0.717) is 5.96 Å². The molecule has 0 atom stereocenters. The van der Waals surface area contributed by atoms with Gasteiger partial charge in [-0.3, -0.25) is 9.48 Å². The maximum absolute atomic E-state index is 11.8. The zero-order chi connectivity index (χ0) is 18.6. The van der Waals surface area contributed by atoms with Gasteiger partial charge >= 0.3 is 0 Å². The molecule has 2 aromatic rings. The Morgan fingerprint density at radius 3 is 2.59 bits per heavy atom. The largest absolute Gasteiger partial charge is 0.356 e. The number of likely N-dealkylation sites (N-methyl/N-ethyl adjacent to an activating group) is 1. The molecule has 0 saturated heterocycles. The molecule has 2 N–H and O–H groups in total. The molecular weight excluding hydrogens is 457 g/mol. The fourth-order valence-electron chi connectivity index (χ4n) is 2.23. The Morgan fingerprint density at radius 2 is 1.93 bits per heavy atom. The Hall–Kier alpha value is -2.17. The van der Waals surface area contributed by atoms with Crippen LogP contribution in [0, 0.1) is 0 Å². The molecule has 0 radical (unpaired) electrons. The zero-order valence-electron chi connectivity index (χ0n) is 15.8. The first-order chi connectivity index (χ1) is 12.6. The van der Waals surface area contributed by atoms with Crippen LogP contribution in [-0.2, 0) is 17.8 Å². The Bertz CT molecular complexity index is 674. The van der Waals surface area contributed by atoms with Crippen molar-refractivity contribution in [3.05, 3.63) is 48.3 Å². The number of aryl methyl sites for hydroxylation is 1. The van der Waals surface area contributed by atoms with Crippen molar-refractivity contribution in [2.24, 2.45) is 4.99 Å². The van der Waals surface area contributed by atoms with Crippen molar-refractivity contribution in [1.82, 2.24) is 30.5 Å². The van der Waals surface area contributed by atoms with Gasteiger partial charge in [0.25, 0.3) is 0 Å². The number of hydrogen-bond acceptors (Lipinski definition) is 4. The van der Waals surface area contributed by atoms with Crippen molar-refractivity contribution >= 4 is 35.8 Å². The number of benzene rings is 1. The summed E-state index contributed by atoms with van der Waals surface area (Å²) in [6.07, 6.45) is 5.27. The highest BCUT2D eigenvalue weighted by molar-refractivity contribution is 14.0. The van der Waals surface area contributed by atoms with Gasteiger partial charge in [-0.2, -0.15) is 0 Å². The van der Waals surface area contributed by atoms with E-state index >= 15 is 0 Å². The van der Waals surface area contributed by atoms with Crippen molar-refractivity contribution in [3.63, 3.8) is 0 Å². The molecule has 1 aromatic heterocycles. The van der Waals surface area contributed by atoms with Crippen LogP contribution in [0.2, 0.25) is 0 Å². The molecule has 0 bridgehead atoms. The van der Waals surface area contributed by atoms with E-state index in [0.717, 1.165) is 32.5 Å². The van der Waals surface area contributed by atoms with E-state index in [2.05, 4.69) is 38.1 Å². The lowest BCUT2D eigenvalue weighted by Crippen LogP contribution is -2.40. The summed E-state index contributed by atoms with van der Waals surface area (Å²) in [6.45, 7) is 2.37. The van der Waals surface area contributed by atoms with Gasteiger partial charge in [-0.15, -0.1) is 29.1 Å². The van der Waals surface area contributed by atoms with Gasteiger partial charge < -0.3 is 15.5 Å². The maximum Gasteiger partial charge on any atom is 0.243 e. The minimum atomic E-state index is -0.0308. The smallest absolute Gasteiger partial charge is 0.243 e. The number of nitrogens with one attached hydrogen (secondary N) is 2. The standard InChI is InChI=1S/C18H27N7O.HI/c1-24(2)17(26)15-21-18(19-10-6-13-25-14-12-22-23-25)20-11-9-16-7-4-3-5-8-16;/h3-5,7-8,12,14H,6,9-11,13,15H2,1-2H3,(H2,19,20,21);1H. The molecule has 27 heavy (non-hydrogen) atoms. The number of amides is 1. The van der Waals surface area contributed by atoms with Crippen LogP contribution in [0.5, 0.6) is 0 Å². The van der Waals surface area contributed by atoms with Gasteiger partial charge in [-0.1, -0.05) is 35.5 Å². The first-order valence-electron chi connectivity index (χ1n) is 8.75. The SMILES string of the molecule is CN(C)C(=O)CN=C(NCCCn1ccnn1)NCCc1ccccc1.I. The van der Waals surface area contributed by atoms with Gasteiger partial charge in [0.05, 0.1) is 6.20 Å². The lowest BCUT2D eigenvalue weighted by molar-refractivity contribution is -0.127. The quantitative estimate of drug-likeness (QED) is 0.241.